The van der Waals surface area contributed by atoms with Crippen LogP contribution in [0.1, 0.15) is 19.8 Å². The van der Waals surface area contributed by atoms with Gasteiger partial charge in [-0.3, -0.25) is 4.90 Å². The molecule has 6 nitrogen and oxygen atoms in total. The van der Waals surface area contributed by atoms with Gasteiger partial charge in [0, 0.05) is 46.5 Å². The molecule has 0 aromatic carbocycles. The summed E-state index contributed by atoms with van der Waals surface area (Å²) >= 11 is 0. The molecule has 0 radical (unpaired) electrons. The van der Waals surface area contributed by atoms with Gasteiger partial charge < -0.3 is 14.5 Å². The highest BCUT2D eigenvalue weighted by Crippen LogP contribution is 2.40. The zero-order valence-electron chi connectivity index (χ0n) is 14.8. The van der Waals surface area contributed by atoms with E-state index < -0.39 is 0 Å². The number of rotatable bonds is 5. The Kier molecular flexibility index (Phi) is 4.73. The second kappa shape index (κ2) is 6.61. The lowest BCUT2D eigenvalue weighted by molar-refractivity contribution is -0.0104. The Morgan fingerprint density at radius 2 is 2.13 bits per heavy atom. The molecule has 3 rings (SSSR count). The van der Waals surface area contributed by atoms with Crippen molar-refractivity contribution in [2.75, 3.05) is 63.8 Å². The fourth-order valence-electron chi connectivity index (χ4n) is 3.79. The maximum atomic E-state index is 5.67. The van der Waals surface area contributed by atoms with Crippen LogP contribution in [0, 0.1) is 5.92 Å². The molecule has 0 amide bonds. The Hall–Kier alpha value is -1.40. The third kappa shape index (κ3) is 3.28. The molecule has 2 aliphatic heterocycles. The second-order valence-corrected chi connectivity index (χ2v) is 7.15. The van der Waals surface area contributed by atoms with Crippen molar-refractivity contribution in [3.8, 4) is 0 Å². The van der Waals surface area contributed by atoms with Gasteiger partial charge in [-0.05, 0) is 39.3 Å². The number of nitrogens with zero attached hydrogens (tertiary/aromatic N) is 5. The highest BCUT2D eigenvalue weighted by molar-refractivity contribution is 5.52. The fourth-order valence-corrected chi connectivity index (χ4v) is 3.79. The number of aromatic nitrogens is 2. The Labute approximate surface area is 139 Å². The first-order chi connectivity index (χ1) is 11.0. The molecule has 1 atom stereocenters. The molecule has 0 aliphatic carbocycles. The number of hydrogen-bond acceptors (Lipinski definition) is 6. The Balaban J connectivity index is 1.65. The van der Waals surface area contributed by atoms with Gasteiger partial charge in [-0.15, -0.1) is 0 Å². The maximum Gasteiger partial charge on any atom is 0.134 e. The van der Waals surface area contributed by atoms with Gasteiger partial charge in [-0.2, -0.15) is 0 Å². The van der Waals surface area contributed by atoms with E-state index in [0.717, 1.165) is 44.5 Å². The van der Waals surface area contributed by atoms with E-state index in [9.17, 15) is 0 Å². The summed E-state index contributed by atoms with van der Waals surface area (Å²) in [7, 11) is 6.29. The molecular weight excluding hydrogens is 290 g/mol. The average Bonchev–Trinajstić information content (AvgIpc) is 2.52. The van der Waals surface area contributed by atoms with E-state index in [2.05, 4.69) is 39.8 Å². The molecule has 23 heavy (non-hydrogen) atoms. The second-order valence-electron chi connectivity index (χ2n) is 7.15. The molecule has 2 saturated heterocycles. The summed E-state index contributed by atoms with van der Waals surface area (Å²) in [6, 6.07) is 2.08. The first-order valence-corrected chi connectivity index (χ1v) is 8.57. The van der Waals surface area contributed by atoms with E-state index in [1.165, 1.54) is 12.8 Å². The van der Waals surface area contributed by atoms with Crippen molar-refractivity contribution >= 4 is 11.6 Å². The van der Waals surface area contributed by atoms with Gasteiger partial charge >= 0.3 is 0 Å². The molecule has 128 valence electrons. The van der Waals surface area contributed by atoms with Crippen molar-refractivity contribution in [2.45, 2.75) is 25.3 Å². The summed E-state index contributed by atoms with van der Waals surface area (Å²) in [5, 5.41) is 0. The van der Waals surface area contributed by atoms with Crippen LogP contribution in [-0.4, -0.2) is 74.4 Å². The zero-order valence-corrected chi connectivity index (χ0v) is 14.8. The molecular formula is C17H29N5O. The average molecular weight is 319 g/mol. The van der Waals surface area contributed by atoms with Gasteiger partial charge in [0.25, 0.3) is 0 Å². The molecule has 2 aliphatic rings. The molecule has 1 unspecified atom stereocenters. The van der Waals surface area contributed by atoms with E-state index in [4.69, 9.17) is 4.74 Å². The highest BCUT2D eigenvalue weighted by Gasteiger charge is 2.49. The predicted molar refractivity (Wildman–Crippen MR) is 93.2 cm³/mol. The van der Waals surface area contributed by atoms with Crippen LogP contribution in [0.15, 0.2) is 12.4 Å². The van der Waals surface area contributed by atoms with Gasteiger partial charge in [-0.25, -0.2) is 9.97 Å². The van der Waals surface area contributed by atoms with Gasteiger partial charge in [0.2, 0.25) is 0 Å². The van der Waals surface area contributed by atoms with Crippen LogP contribution in [0.4, 0.5) is 11.6 Å². The molecule has 1 aromatic rings. The Morgan fingerprint density at radius 1 is 1.35 bits per heavy atom. The predicted octanol–water partition coefficient (Wildman–Crippen LogP) is 1.48. The standard InChI is InChI=1S/C17H29N5O/c1-5-23-10-14-6-7-21(4)17(9-14)11-22(12-17)16-8-15(20(2)3)18-13-19-16/h8,13-14H,5-7,9-12H2,1-4H3. The third-order valence-corrected chi connectivity index (χ3v) is 5.30. The molecule has 2 fully saturated rings. The van der Waals surface area contributed by atoms with Gasteiger partial charge in [-0.1, -0.05) is 0 Å². The monoisotopic (exact) mass is 319 g/mol. The molecule has 0 bridgehead atoms. The molecule has 1 spiro atoms. The summed E-state index contributed by atoms with van der Waals surface area (Å²) in [4.78, 5) is 15.7. The lowest BCUT2D eigenvalue weighted by atomic mass is 9.75. The van der Waals surface area contributed by atoms with Crippen LogP contribution in [-0.2, 0) is 4.74 Å². The summed E-state index contributed by atoms with van der Waals surface area (Å²) in [5.74, 6) is 2.69. The van der Waals surface area contributed by atoms with Crippen molar-refractivity contribution in [1.29, 1.82) is 0 Å². The van der Waals surface area contributed by atoms with Gasteiger partial charge in [0.15, 0.2) is 0 Å². The number of hydrogen-bond donors (Lipinski definition) is 0. The number of piperidine rings is 1. The number of ether oxygens (including phenoxy) is 1. The molecule has 6 heteroatoms. The summed E-state index contributed by atoms with van der Waals surface area (Å²) < 4.78 is 5.67. The van der Waals surface area contributed by atoms with E-state index in [0.29, 0.717) is 11.5 Å². The fraction of sp³-hybridized carbons (Fsp3) is 0.765. The van der Waals surface area contributed by atoms with Gasteiger partial charge in [0.05, 0.1) is 5.54 Å². The molecule has 0 N–H and O–H groups in total. The minimum absolute atomic E-state index is 0.295. The van der Waals surface area contributed by atoms with E-state index in [1.54, 1.807) is 6.33 Å². The van der Waals surface area contributed by atoms with Crippen LogP contribution >= 0.6 is 0 Å². The quantitative estimate of drug-likeness (QED) is 0.819. The third-order valence-electron chi connectivity index (χ3n) is 5.30. The number of anilines is 2. The topological polar surface area (TPSA) is 44.7 Å². The molecule has 3 heterocycles. The van der Waals surface area contributed by atoms with Crippen molar-refractivity contribution in [3.63, 3.8) is 0 Å². The van der Waals surface area contributed by atoms with Crippen LogP contribution in [0.2, 0.25) is 0 Å². The van der Waals surface area contributed by atoms with Crippen molar-refractivity contribution in [1.82, 2.24) is 14.9 Å². The Bertz CT molecular complexity index is 527. The van der Waals surface area contributed by atoms with E-state index >= 15 is 0 Å². The first kappa shape index (κ1) is 16.5. The number of likely N-dealkylation sites (tertiary alicyclic amines) is 1. The van der Waals surface area contributed by atoms with Gasteiger partial charge in [0.1, 0.15) is 18.0 Å². The zero-order chi connectivity index (χ0) is 16.4. The molecule has 0 saturated carbocycles. The van der Waals surface area contributed by atoms with E-state index in [-0.39, 0.29) is 0 Å². The largest absolute Gasteiger partial charge is 0.381 e. The van der Waals surface area contributed by atoms with E-state index in [1.807, 2.05) is 19.0 Å². The number of likely N-dealkylation sites (N-methyl/N-ethyl adjacent to an activating group) is 1. The van der Waals surface area contributed by atoms with Crippen molar-refractivity contribution < 1.29 is 4.74 Å². The normalized spacial score (nSPS) is 23.8. The van der Waals surface area contributed by atoms with Crippen molar-refractivity contribution in [3.05, 3.63) is 12.4 Å². The molecule has 1 aromatic heterocycles. The Morgan fingerprint density at radius 3 is 2.83 bits per heavy atom. The highest BCUT2D eigenvalue weighted by atomic mass is 16.5. The minimum Gasteiger partial charge on any atom is -0.381 e. The minimum atomic E-state index is 0.295. The van der Waals surface area contributed by atoms with Crippen LogP contribution in [0.25, 0.3) is 0 Å². The first-order valence-electron chi connectivity index (χ1n) is 8.57. The SMILES string of the molecule is CCOCC1CCN(C)C2(C1)CN(c1cc(N(C)C)ncn1)C2. The maximum absolute atomic E-state index is 5.67. The van der Waals surface area contributed by atoms with Crippen LogP contribution in [0.5, 0.6) is 0 Å². The summed E-state index contributed by atoms with van der Waals surface area (Å²) in [6.07, 6.45) is 4.14. The van der Waals surface area contributed by atoms with Crippen LogP contribution < -0.4 is 9.80 Å². The summed E-state index contributed by atoms with van der Waals surface area (Å²) in [5.41, 5.74) is 0.295. The lowest BCUT2D eigenvalue weighted by Gasteiger charge is -2.59. The smallest absolute Gasteiger partial charge is 0.134 e. The van der Waals surface area contributed by atoms with Crippen molar-refractivity contribution in [2.24, 2.45) is 5.92 Å². The van der Waals surface area contributed by atoms with Crippen LogP contribution in [0.3, 0.4) is 0 Å². The summed E-state index contributed by atoms with van der Waals surface area (Å²) in [6.45, 7) is 7.07. The lowest BCUT2D eigenvalue weighted by Crippen LogP contribution is -2.72.